The van der Waals surface area contributed by atoms with Gasteiger partial charge in [-0.3, -0.25) is 9.59 Å². The topological polar surface area (TPSA) is 73.3 Å². The fourth-order valence-corrected chi connectivity index (χ4v) is 1.55. The van der Waals surface area contributed by atoms with E-state index in [0.717, 1.165) is 11.7 Å². The summed E-state index contributed by atoms with van der Waals surface area (Å²) >= 11 is 0. The van der Waals surface area contributed by atoms with Crippen molar-refractivity contribution in [2.45, 2.75) is 6.92 Å². The number of rotatable bonds is 2. The van der Waals surface area contributed by atoms with Crippen LogP contribution < -0.4 is 5.73 Å². The number of amides is 1. The summed E-state index contributed by atoms with van der Waals surface area (Å²) in [6.07, 6.45) is 0.746. The average Bonchev–Trinajstić information content (AvgIpc) is 2.56. The zero-order chi connectivity index (χ0) is 11.0. The van der Waals surface area contributed by atoms with E-state index >= 15 is 0 Å². The van der Waals surface area contributed by atoms with Crippen LogP contribution in [0.2, 0.25) is 0 Å². The first kappa shape index (κ1) is 9.45. The second-order valence-electron chi connectivity index (χ2n) is 3.29. The van der Waals surface area contributed by atoms with Crippen molar-refractivity contribution in [2.75, 3.05) is 0 Å². The van der Waals surface area contributed by atoms with Crippen molar-refractivity contribution in [1.29, 1.82) is 0 Å². The number of furan rings is 1. The molecule has 0 aliphatic heterocycles. The van der Waals surface area contributed by atoms with E-state index < -0.39 is 5.91 Å². The minimum atomic E-state index is -0.601. The third-order valence-electron chi connectivity index (χ3n) is 2.32. The molecule has 0 saturated heterocycles. The summed E-state index contributed by atoms with van der Waals surface area (Å²) < 4.78 is 5.27. The second kappa shape index (κ2) is 3.24. The van der Waals surface area contributed by atoms with Crippen LogP contribution in [0.1, 0.15) is 26.5 Å². The molecular weight excluding hydrogens is 194 g/mol. The fourth-order valence-electron chi connectivity index (χ4n) is 1.55. The first-order valence-electron chi connectivity index (χ1n) is 4.41. The maximum atomic E-state index is 11.0. The van der Waals surface area contributed by atoms with Gasteiger partial charge >= 0.3 is 0 Å². The van der Waals surface area contributed by atoms with Gasteiger partial charge < -0.3 is 10.2 Å². The Labute approximate surface area is 85.7 Å². The maximum absolute atomic E-state index is 11.0. The van der Waals surface area contributed by atoms with Crippen LogP contribution in [0.5, 0.6) is 0 Å². The number of aldehydes is 1. The molecule has 4 nitrogen and oxygen atoms in total. The standard InChI is InChI=1S/C11H9NO3/c1-6-8-4-7(5-13)2-3-9(8)15-10(6)11(12)14/h2-5H,1H3,(H2,12,14). The lowest BCUT2D eigenvalue weighted by Crippen LogP contribution is -2.10. The van der Waals surface area contributed by atoms with Crippen molar-refractivity contribution >= 4 is 23.2 Å². The highest BCUT2D eigenvalue weighted by atomic mass is 16.3. The van der Waals surface area contributed by atoms with Gasteiger partial charge in [0, 0.05) is 16.5 Å². The third kappa shape index (κ3) is 1.40. The molecule has 0 radical (unpaired) electrons. The van der Waals surface area contributed by atoms with Crippen LogP contribution in [0.3, 0.4) is 0 Å². The van der Waals surface area contributed by atoms with Crippen LogP contribution in [0.15, 0.2) is 22.6 Å². The van der Waals surface area contributed by atoms with Crippen LogP contribution in [-0.4, -0.2) is 12.2 Å². The fraction of sp³-hybridized carbons (Fsp3) is 0.0909. The Hall–Kier alpha value is -2.10. The van der Waals surface area contributed by atoms with Gasteiger partial charge in [0.25, 0.3) is 5.91 Å². The van der Waals surface area contributed by atoms with Gasteiger partial charge in [0.05, 0.1) is 0 Å². The smallest absolute Gasteiger partial charge is 0.284 e. The number of benzene rings is 1. The minimum Gasteiger partial charge on any atom is -0.451 e. The molecule has 1 aromatic carbocycles. The van der Waals surface area contributed by atoms with Gasteiger partial charge in [-0.05, 0) is 25.1 Å². The number of aryl methyl sites for hydroxylation is 1. The zero-order valence-electron chi connectivity index (χ0n) is 8.11. The van der Waals surface area contributed by atoms with E-state index in [2.05, 4.69) is 0 Å². The van der Waals surface area contributed by atoms with Crippen LogP contribution >= 0.6 is 0 Å². The van der Waals surface area contributed by atoms with Crippen LogP contribution in [0, 0.1) is 6.92 Å². The Kier molecular flexibility index (Phi) is 2.04. The van der Waals surface area contributed by atoms with E-state index in [-0.39, 0.29) is 5.76 Å². The predicted molar refractivity (Wildman–Crippen MR) is 54.9 cm³/mol. The van der Waals surface area contributed by atoms with Gasteiger partial charge in [-0.1, -0.05) is 0 Å². The Morgan fingerprint density at radius 1 is 1.47 bits per heavy atom. The van der Waals surface area contributed by atoms with Crippen LogP contribution in [-0.2, 0) is 0 Å². The summed E-state index contributed by atoms with van der Waals surface area (Å²) in [6.45, 7) is 1.74. The number of carbonyl (C=O) groups excluding carboxylic acids is 2. The first-order chi connectivity index (χ1) is 7.13. The largest absolute Gasteiger partial charge is 0.451 e. The number of hydrogen-bond acceptors (Lipinski definition) is 3. The van der Waals surface area contributed by atoms with Crippen molar-refractivity contribution in [2.24, 2.45) is 5.73 Å². The average molecular weight is 203 g/mol. The Morgan fingerprint density at radius 2 is 2.20 bits per heavy atom. The normalized spacial score (nSPS) is 10.5. The predicted octanol–water partition coefficient (Wildman–Crippen LogP) is 1.65. The number of fused-ring (bicyclic) bond motifs is 1. The summed E-state index contributed by atoms with van der Waals surface area (Å²) in [5.74, 6) is -0.454. The lowest BCUT2D eigenvalue weighted by atomic mass is 10.1. The molecule has 0 bridgehead atoms. The van der Waals surface area contributed by atoms with Gasteiger partial charge in [0.2, 0.25) is 0 Å². The molecule has 0 unspecified atom stereocenters. The highest BCUT2D eigenvalue weighted by Crippen LogP contribution is 2.25. The first-order valence-corrected chi connectivity index (χ1v) is 4.41. The summed E-state index contributed by atoms with van der Waals surface area (Å²) in [5, 5.41) is 0.744. The summed E-state index contributed by atoms with van der Waals surface area (Å²) in [7, 11) is 0. The SMILES string of the molecule is Cc1c(C(N)=O)oc2ccc(C=O)cc12. The van der Waals surface area contributed by atoms with E-state index in [9.17, 15) is 9.59 Å². The van der Waals surface area contributed by atoms with Crippen LogP contribution in [0.25, 0.3) is 11.0 Å². The number of nitrogens with two attached hydrogens (primary N) is 1. The molecule has 76 valence electrons. The number of hydrogen-bond donors (Lipinski definition) is 1. The molecule has 1 amide bonds. The summed E-state index contributed by atoms with van der Waals surface area (Å²) in [5.41, 5.74) is 6.92. The molecule has 0 aliphatic carbocycles. The molecule has 0 fully saturated rings. The lowest BCUT2D eigenvalue weighted by molar-refractivity contribution is 0.0975. The van der Waals surface area contributed by atoms with Gasteiger partial charge in [0.15, 0.2) is 5.76 Å². The molecule has 15 heavy (non-hydrogen) atoms. The van der Waals surface area contributed by atoms with Crippen molar-refractivity contribution in [1.82, 2.24) is 0 Å². The Balaban J connectivity index is 2.77. The van der Waals surface area contributed by atoms with Gasteiger partial charge in [0.1, 0.15) is 11.9 Å². The molecule has 4 heteroatoms. The summed E-state index contributed by atoms with van der Waals surface area (Å²) in [6, 6.07) is 4.95. The molecule has 0 aliphatic rings. The molecule has 2 aromatic rings. The quantitative estimate of drug-likeness (QED) is 0.754. The van der Waals surface area contributed by atoms with E-state index in [4.69, 9.17) is 10.2 Å². The van der Waals surface area contributed by atoms with E-state index in [0.29, 0.717) is 16.7 Å². The van der Waals surface area contributed by atoms with E-state index in [1.54, 1.807) is 25.1 Å². The Bertz CT molecular complexity index is 554. The van der Waals surface area contributed by atoms with Crippen molar-refractivity contribution in [3.63, 3.8) is 0 Å². The van der Waals surface area contributed by atoms with Gasteiger partial charge in [-0.15, -0.1) is 0 Å². The lowest BCUT2D eigenvalue weighted by Gasteiger charge is -1.91. The van der Waals surface area contributed by atoms with Crippen molar-refractivity contribution in [3.8, 4) is 0 Å². The molecule has 1 aromatic heterocycles. The molecule has 2 rings (SSSR count). The molecule has 0 atom stereocenters. The minimum absolute atomic E-state index is 0.146. The molecular formula is C11H9NO3. The van der Waals surface area contributed by atoms with E-state index in [1.165, 1.54) is 0 Å². The monoisotopic (exact) mass is 203 g/mol. The van der Waals surface area contributed by atoms with Crippen molar-refractivity contribution < 1.29 is 14.0 Å². The van der Waals surface area contributed by atoms with Gasteiger partial charge in [-0.2, -0.15) is 0 Å². The highest BCUT2D eigenvalue weighted by molar-refractivity contribution is 5.99. The molecule has 0 saturated carbocycles. The summed E-state index contributed by atoms with van der Waals surface area (Å²) in [4.78, 5) is 21.6. The third-order valence-corrected chi connectivity index (χ3v) is 2.32. The number of primary amides is 1. The maximum Gasteiger partial charge on any atom is 0.284 e. The number of carbonyl (C=O) groups is 2. The molecule has 2 N–H and O–H groups in total. The van der Waals surface area contributed by atoms with Crippen molar-refractivity contribution in [3.05, 3.63) is 35.1 Å². The van der Waals surface area contributed by atoms with E-state index in [1.807, 2.05) is 0 Å². The second-order valence-corrected chi connectivity index (χ2v) is 3.29. The van der Waals surface area contributed by atoms with Crippen LogP contribution in [0.4, 0.5) is 0 Å². The van der Waals surface area contributed by atoms with Gasteiger partial charge in [-0.25, -0.2) is 0 Å². The Morgan fingerprint density at radius 3 is 2.80 bits per heavy atom. The molecule has 1 heterocycles. The molecule has 0 spiro atoms. The zero-order valence-corrected chi connectivity index (χ0v) is 8.11. The highest BCUT2D eigenvalue weighted by Gasteiger charge is 2.14.